The summed E-state index contributed by atoms with van der Waals surface area (Å²) < 4.78 is 6.48. The number of aromatic nitrogens is 5. The van der Waals surface area contributed by atoms with Crippen molar-refractivity contribution < 1.29 is 4.74 Å². The molecule has 0 saturated heterocycles. The zero-order valence-electron chi connectivity index (χ0n) is 18.4. The Morgan fingerprint density at radius 3 is 2.81 bits per heavy atom. The summed E-state index contributed by atoms with van der Waals surface area (Å²) in [5, 5.41) is 4.66. The second-order valence-corrected chi connectivity index (χ2v) is 8.13. The van der Waals surface area contributed by atoms with Gasteiger partial charge in [-0.3, -0.25) is 14.8 Å². The highest BCUT2D eigenvalue weighted by atomic mass is 16.5. The summed E-state index contributed by atoms with van der Waals surface area (Å²) in [6.45, 7) is 5.84. The monoisotopic (exact) mass is 428 g/mol. The predicted octanol–water partition coefficient (Wildman–Crippen LogP) is 2.87. The molecule has 0 spiro atoms. The molecule has 0 atom stereocenters. The van der Waals surface area contributed by atoms with E-state index in [0.717, 1.165) is 41.2 Å². The molecule has 0 saturated carbocycles. The molecule has 1 aliphatic rings. The summed E-state index contributed by atoms with van der Waals surface area (Å²) in [7, 11) is 1.58. The van der Waals surface area contributed by atoms with Crippen LogP contribution in [0.5, 0.6) is 0 Å². The van der Waals surface area contributed by atoms with Gasteiger partial charge in [0.1, 0.15) is 0 Å². The average Bonchev–Trinajstić information content (AvgIpc) is 2.78. The van der Waals surface area contributed by atoms with Crippen LogP contribution in [0.2, 0.25) is 0 Å². The molecule has 0 radical (unpaired) electrons. The van der Waals surface area contributed by atoms with Gasteiger partial charge in [0, 0.05) is 68.1 Å². The second-order valence-electron chi connectivity index (χ2n) is 8.13. The molecule has 0 fully saturated rings. The standard InChI is InChI=1S/C24H24N6O2/c1-15-4-6-25-12-20(15)17-9-18-13-29(7-5-21(18)26-11-17)24-16(2)8-22-27-19(14-32-3)10-23(31)30(22)28-24/h4,6,8-12H,5,7,13-14H2,1-3H3. The van der Waals surface area contributed by atoms with Gasteiger partial charge in [-0.15, -0.1) is 5.10 Å². The van der Waals surface area contributed by atoms with Gasteiger partial charge < -0.3 is 9.64 Å². The number of aryl methyl sites for hydroxylation is 2. The molecule has 0 aromatic carbocycles. The molecule has 4 aromatic rings. The first-order chi connectivity index (χ1) is 15.5. The van der Waals surface area contributed by atoms with E-state index in [2.05, 4.69) is 33.0 Å². The average molecular weight is 428 g/mol. The first kappa shape index (κ1) is 20.3. The van der Waals surface area contributed by atoms with Gasteiger partial charge in [0.25, 0.3) is 5.56 Å². The Morgan fingerprint density at radius 2 is 2.00 bits per heavy atom. The Labute approximate surface area is 185 Å². The van der Waals surface area contributed by atoms with Crippen LogP contribution in [0, 0.1) is 13.8 Å². The molecular weight excluding hydrogens is 404 g/mol. The van der Waals surface area contributed by atoms with Crippen LogP contribution in [-0.4, -0.2) is 38.2 Å². The van der Waals surface area contributed by atoms with Gasteiger partial charge in [-0.2, -0.15) is 4.52 Å². The van der Waals surface area contributed by atoms with E-state index in [-0.39, 0.29) is 5.56 Å². The quantitative estimate of drug-likeness (QED) is 0.494. The van der Waals surface area contributed by atoms with Gasteiger partial charge in [0.2, 0.25) is 0 Å². The van der Waals surface area contributed by atoms with E-state index in [1.54, 1.807) is 13.3 Å². The summed E-state index contributed by atoms with van der Waals surface area (Å²) in [6, 6.07) is 7.58. The molecule has 4 aromatic heterocycles. The molecule has 0 unspecified atom stereocenters. The third kappa shape index (κ3) is 3.62. The third-order valence-electron chi connectivity index (χ3n) is 5.85. The number of rotatable bonds is 4. The van der Waals surface area contributed by atoms with Crippen LogP contribution < -0.4 is 10.5 Å². The summed E-state index contributed by atoms with van der Waals surface area (Å²) in [5.74, 6) is 0.787. The molecule has 5 rings (SSSR count). The van der Waals surface area contributed by atoms with E-state index in [4.69, 9.17) is 9.72 Å². The Morgan fingerprint density at radius 1 is 1.12 bits per heavy atom. The minimum Gasteiger partial charge on any atom is -0.378 e. The van der Waals surface area contributed by atoms with E-state index in [1.807, 2.05) is 31.5 Å². The van der Waals surface area contributed by atoms with Gasteiger partial charge in [0.15, 0.2) is 11.5 Å². The molecule has 0 amide bonds. The number of pyridine rings is 2. The lowest BCUT2D eigenvalue weighted by atomic mass is 9.99. The maximum Gasteiger partial charge on any atom is 0.274 e. The fourth-order valence-corrected chi connectivity index (χ4v) is 4.22. The van der Waals surface area contributed by atoms with Crippen molar-refractivity contribution >= 4 is 11.5 Å². The molecule has 0 N–H and O–H groups in total. The molecule has 0 aliphatic carbocycles. The van der Waals surface area contributed by atoms with Crippen LogP contribution in [0.15, 0.2) is 47.7 Å². The van der Waals surface area contributed by atoms with Crippen molar-refractivity contribution in [1.29, 1.82) is 0 Å². The smallest absolute Gasteiger partial charge is 0.274 e. The third-order valence-corrected chi connectivity index (χ3v) is 5.85. The van der Waals surface area contributed by atoms with Crippen molar-refractivity contribution in [3.63, 3.8) is 0 Å². The maximum absolute atomic E-state index is 12.6. The lowest BCUT2D eigenvalue weighted by Gasteiger charge is -2.30. The lowest BCUT2D eigenvalue weighted by molar-refractivity contribution is 0.181. The van der Waals surface area contributed by atoms with Crippen molar-refractivity contribution in [3.05, 3.63) is 81.3 Å². The predicted molar refractivity (Wildman–Crippen MR) is 122 cm³/mol. The summed E-state index contributed by atoms with van der Waals surface area (Å²) >= 11 is 0. The number of anilines is 1. The highest BCUT2D eigenvalue weighted by Gasteiger charge is 2.22. The van der Waals surface area contributed by atoms with Gasteiger partial charge in [-0.1, -0.05) is 0 Å². The topological polar surface area (TPSA) is 85.5 Å². The van der Waals surface area contributed by atoms with E-state index < -0.39 is 0 Å². The Balaban J connectivity index is 1.51. The summed E-state index contributed by atoms with van der Waals surface area (Å²) in [6.07, 6.45) is 6.43. The van der Waals surface area contributed by atoms with Crippen LogP contribution in [0.25, 0.3) is 16.8 Å². The maximum atomic E-state index is 12.6. The van der Waals surface area contributed by atoms with Crippen molar-refractivity contribution in [2.75, 3.05) is 18.6 Å². The van der Waals surface area contributed by atoms with E-state index in [0.29, 0.717) is 24.5 Å². The SMILES string of the molecule is COCc1cc(=O)n2nc(N3CCc4ncc(-c5cnccc5C)cc4C3)c(C)cc2n1. The number of methoxy groups -OCH3 is 1. The van der Waals surface area contributed by atoms with Gasteiger partial charge in [-0.25, -0.2) is 4.98 Å². The Bertz CT molecular complexity index is 1380. The van der Waals surface area contributed by atoms with Crippen molar-refractivity contribution in [2.24, 2.45) is 0 Å². The number of ether oxygens (including phenoxy) is 1. The van der Waals surface area contributed by atoms with Crippen molar-refractivity contribution in [1.82, 2.24) is 24.6 Å². The second kappa shape index (κ2) is 8.12. The molecule has 162 valence electrons. The normalized spacial score (nSPS) is 13.4. The first-order valence-corrected chi connectivity index (χ1v) is 10.6. The molecule has 1 aliphatic heterocycles. The van der Waals surface area contributed by atoms with Crippen LogP contribution in [0.4, 0.5) is 5.82 Å². The van der Waals surface area contributed by atoms with Gasteiger partial charge >= 0.3 is 0 Å². The minimum atomic E-state index is -0.211. The van der Waals surface area contributed by atoms with Crippen LogP contribution in [0.3, 0.4) is 0 Å². The zero-order valence-corrected chi connectivity index (χ0v) is 18.4. The summed E-state index contributed by atoms with van der Waals surface area (Å²) in [5.41, 5.74) is 7.48. The molecule has 8 nitrogen and oxygen atoms in total. The van der Waals surface area contributed by atoms with Gasteiger partial charge in [0.05, 0.1) is 12.3 Å². The van der Waals surface area contributed by atoms with E-state index in [9.17, 15) is 4.79 Å². The number of fused-ring (bicyclic) bond motifs is 2. The minimum absolute atomic E-state index is 0.211. The fourth-order valence-electron chi connectivity index (χ4n) is 4.22. The lowest BCUT2D eigenvalue weighted by Crippen LogP contribution is -2.33. The first-order valence-electron chi connectivity index (χ1n) is 10.6. The number of hydrogen-bond donors (Lipinski definition) is 0. The molecule has 32 heavy (non-hydrogen) atoms. The highest BCUT2D eigenvalue weighted by Crippen LogP contribution is 2.29. The van der Waals surface area contributed by atoms with Crippen LogP contribution in [0.1, 0.15) is 28.1 Å². The Hall–Kier alpha value is -3.65. The zero-order chi connectivity index (χ0) is 22.2. The summed E-state index contributed by atoms with van der Waals surface area (Å²) in [4.78, 5) is 28.3. The van der Waals surface area contributed by atoms with Crippen molar-refractivity contribution in [2.45, 2.75) is 33.4 Å². The Kier molecular flexibility index (Phi) is 5.14. The van der Waals surface area contributed by atoms with E-state index >= 15 is 0 Å². The number of hydrogen-bond acceptors (Lipinski definition) is 7. The van der Waals surface area contributed by atoms with E-state index in [1.165, 1.54) is 21.7 Å². The van der Waals surface area contributed by atoms with Crippen LogP contribution >= 0.6 is 0 Å². The molecule has 8 heteroatoms. The molecular formula is C24H24N6O2. The van der Waals surface area contributed by atoms with Crippen molar-refractivity contribution in [3.8, 4) is 11.1 Å². The largest absolute Gasteiger partial charge is 0.378 e. The molecule has 5 heterocycles. The number of nitrogens with zero attached hydrogens (tertiary/aromatic N) is 6. The highest BCUT2D eigenvalue weighted by molar-refractivity contribution is 5.66. The van der Waals surface area contributed by atoms with Gasteiger partial charge in [-0.05, 0) is 48.7 Å². The fraction of sp³-hybridized carbons (Fsp3) is 0.292. The molecule has 0 bridgehead atoms. The van der Waals surface area contributed by atoms with Crippen LogP contribution in [-0.2, 0) is 24.3 Å².